The third kappa shape index (κ3) is 3.32. The van der Waals surface area contributed by atoms with Crippen molar-refractivity contribution in [2.75, 3.05) is 5.73 Å². The zero-order chi connectivity index (χ0) is 16.4. The van der Waals surface area contributed by atoms with E-state index < -0.39 is 0 Å². The van der Waals surface area contributed by atoms with E-state index in [0.29, 0.717) is 11.3 Å². The molecule has 2 N–H and O–H groups in total. The van der Waals surface area contributed by atoms with Gasteiger partial charge in [0.25, 0.3) is 0 Å². The Morgan fingerprint density at radius 1 is 1.13 bits per heavy atom. The quantitative estimate of drug-likeness (QED) is 0.579. The molecule has 0 saturated carbocycles. The van der Waals surface area contributed by atoms with Crippen LogP contribution in [0, 0.1) is 13.8 Å². The van der Waals surface area contributed by atoms with Crippen molar-refractivity contribution in [3.8, 4) is 0 Å². The molecule has 0 fully saturated rings. The van der Waals surface area contributed by atoms with Crippen molar-refractivity contribution >= 4 is 22.8 Å². The summed E-state index contributed by atoms with van der Waals surface area (Å²) in [5.74, 6) is -0.0293. The van der Waals surface area contributed by atoms with Crippen LogP contribution in [0.25, 0.3) is 0 Å². The molecule has 3 nitrogen and oxygen atoms in total. The molecular formula is C19H18N2OS. The highest BCUT2D eigenvalue weighted by atomic mass is 32.1. The first-order valence-electron chi connectivity index (χ1n) is 7.44. The van der Waals surface area contributed by atoms with Crippen molar-refractivity contribution in [2.45, 2.75) is 20.3 Å². The molecule has 0 radical (unpaired) electrons. The Morgan fingerprint density at radius 3 is 2.61 bits per heavy atom. The minimum absolute atomic E-state index is 0.0293. The second-order valence-corrected chi connectivity index (χ2v) is 6.58. The first kappa shape index (κ1) is 15.4. The zero-order valence-electron chi connectivity index (χ0n) is 13.2. The molecular weight excluding hydrogens is 304 g/mol. The summed E-state index contributed by atoms with van der Waals surface area (Å²) in [6, 6.07) is 13.3. The molecule has 0 unspecified atom stereocenters. The molecule has 0 bridgehead atoms. The third-order valence-corrected chi connectivity index (χ3v) is 4.74. The van der Waals surface area contributed by atoms with Crippen LogP contribution in [0.3, 0.4) is 0 Å². The number of carbonyl (C=O) groups excluding carboxylic acids is 1. The molecule has 0 aliphatic heterocycles. The van der Waals surface area contributed by atoms with E-state index in [1.165, 1.54) is 16.9 Å². The maximum absolute atomic E-state index is 12.4. The average molecular weight is 322 g/mol. The van der Waals surface area contributed by atoms with Crippen molar-refractivity contribution in [3.05, 3.63) is 80.8 Å². The zero-order valence-corrected chi connectivity index (χ0v) is 14.0. The van der Waals surface area contributed by atoms with Gasteiger partial charge in [-0.3, -0.25) is 4.79 Å². The summed E-state index contributed by atoms with van der Waals surface area (Å²) >= 11 is 1.52. The van der Waals surface area contributed by atoms with Gasteiger partial charge in [-0.25, -0.2) is 4.98 Å². The number of rotatable bonds is 4. The molecule has 0 aliphatic rings. The van der Waals surface area contributed by atoms with Crippen molar-refractivity contribution in [1.82, 2.24) is 4.98 Å². The van der Waals surface area contributed by atoms with Crippen LogP contribution in [0.4, 0.5) is 5.69 Å². The molecule has 0 aliphatic carbocycles. The monoisotopic (exact) mass is 322 g/mol. The molecule has 0 spiro atoms. The van der Waals surface area contributed by atoms with Gasteiger partial charge in [-0.05, 0) is 36.6 Å². The van der Waals surface area contributed by atoms with Crippen LogP contribution >= 0.6 is 11.3 Å². The third-order valence-electron chi connectivity index (χ3n) is 3.89. The number of ketones is 1. The van der Waals surface area contributed by atoms with Gasteiger partial charge in [0.05, 0.1) is 5.01 Å². The van der Waals surface area contributed by atoms with E-state index in [9.17, 15) is 4.79 Å². The summed E-state index contributed by atoms with van der Waals surface area (Å²) in [4.78, 5) is 16.9. The Bertz CT molecular complexity index is 853. The van der Waals surface area contributed by atoms with E-state index in [1.54, 1.807) is 0 Å². The van der Waals surface area contributed by atoms with Gasteiger partial charge in [-0.15, -0.1) is 11.3 Å². The van der Waals surface area contributed by atoms with Gasteiger partial charge in [0.15, 0.2) is 0 Å². The minimum atomic E-state index is -0.0293. The van der Waals surface area contributed by atoms with Gasteiger partial charge in [-0.1, -0.05) is 36.4 Å². The maximum atomic E-state index is 12.4. The molecule has 116 valence electrons. The molecule has 23 heavy (non-hydrogen) atoms. The Morgan fingerprint density at radius 2 is 1.87 bits per heavy atom. The summed E-state index contributed by atoms with van der Waals surface area (Å²) in [5.41, 5.74) is 11.4. The van der Waals surface area contributed by atoms with E-state index >= 15 is 0 Å². The first-order valence-corrected chi connectivity index (χ1v) is 8.32. The van der Waals surface area contributed by atoms with E-state index in [-0.39, 0.29) is 5.78 Å². The number of aryl methyl sites for hydroxylation is 2. The fourth-order valence-corrected chi connectivity index (χ4v) is 3.28. The predicted octanol–water partition coefficient (Wildman–Crippen LogP) is 4.16. The lowest BCUT2D eigenvalue weighted by atomic mass is 10.0. The number of thiazole rings is 1. The standard InChI is InChI=1S/C19H18N2OS/c1-12-9-16(20)13(2)8-15(12)10-18-21-17(11-23-18)19(22)14-6-4-3-5-7-14/h3-9,11H,10,20H2,1-2H3. The maximum Gasteiger partial charge on any atom is 0.212 e. The highest BCUT2D eigenvalue weighted by molar-refractivity contribution is 7.09. The van der Waals surface area contributed by atoms with Crippen LogP contribution < -0.4 is 5.73 Å². The molecule has 4 heteroatoms. The topological polar surface area (TPSA) is 56.0 Å². The highest BCUT2D eigenvalue weighted by Gasteiger charge is 2.14. The Labute approximate surface area is 139 Å². The lowest BCUT2D eigenvalue weighted by Gasteiger charge is -2.08. The van der Waals surface area contributed by atoms with E-state index in [0.717, 1.165) is 28.2 Å². The number of anilines is 1. The van der Waals surface area contributed by atoms with Crippen LogP contribution in [-0.4, -0.2) is 10.8 Å². The lowest BCUT2D eigenvalue weighted by molar-refractivity contribution is 0.103. The summed E-state index contributed by atoms with van der Waals surface area (Å²) in [5, 5.41) is 2.78. The van der Waals surface area contributed by atoms with Crippen LogP contribution in [-0.2, 0) is 6.42 Å². The number of hydrogen-bond donors (Lipinski definition) is 1. The Kier molecular flexibility index (Phi) is 4.26. The smallest absolute Gasteiger partial charge is 0.212 e. The van der Waals surface area contributed by atoms with Crippen molar-refractivity contribution in [2.24, 2.45) is 0 Å². The fraction of sp³-hybridized carbons (Fsp3) is 0.158. The molecule has 3 aromatic rings. The molecule has 0 saturated heterocycles. The Hall–Kier alpha value is -2.46. The molecule has 1 aromatic heterocycles. The molecule has 0 amide bonds. The number of carbonyl (C=O) groups is 1. The average Bonchev–Trinajstić information content (AvgIpc) is 3.01. The van der Waals surface area contributed by atoms with E-state index in [4.69, 9.17) is 5.73 Å². The minimum Gasteiger partial charge on any atom is -0.399 e. The fourth-order valence-electron chi connectivity index (χ4n) is 2.49. The van der Waals surface area contributed by atoms with Crippen molar-refractivity contribution in [1.29, 1.82) is 0 Å². The summed E-state index contributed by atoms with van der Waals surface area (Å²) in [7, 11) is 0. The molecule has 2 aromatic carbocycles. The largest absolute Gasteiger partial charge is 0.399 e. The number of aromatic nitrogens is 1. The van der Waals surface area contributed by atoms with E-state index in [1.807, 2.05) is 48.7 Å². The molecule has 1 heterocycles. The van der Waals surface area contributed by atoms with Gasteiger partial charge in [0.1, 0.15) is 5.69 Å². The van der Waals surface area contributed by atoms with E-state index in [2.05, 4.69) is 18.0 Å². The van der Waals surface area contributed by atoms with Gasteiger partial charge in [0.2, 0.25) is 5.78 Å². The highest BCUT2D eigenvalue weighted by Crippen LogP contribution is 2.23. The summed E-state index contributed by atoms with van der Waals surface area (Å²) in [6.07, 6.45) is 0.722. The van der Waals surface area contributed by atoms with Crippen molar-refractivity contribution in [3.63, 3.8) is 0 Å². The summed E-state index contributed by atoms with van der Waals surface area (Å²) < 4.78 is 0. The molecule has 0 atom stereocenters. The first-order chi connectivity index (χ1) is 11.0. The lowest BCUT2D eigenvalue weighted by Crippen LogP contribution is -2.02. The van der Waals surface area contributed by atoms with Crippen LogP contribution in [0.15, 0.2) is 47.8 Å². The van der Waals surface area contributed by atoms with Crippen LogP contribution in [0.1, 0.15) is 37.7 Å². The summed E-state index contributed by atoms with van der Waals surface area (Å²) in [6.45, 7) is 4.05. The number of nitrogens with two attached hydrogens (primary N) is 1. The van der Waals surface area contributed by atoms with Crippen LogP contribution in [0.2, 0.25) is 0 Å². The van der Waals surface area contributed by atoms with Crippen molar-refractivity contribution < 1.29 is 4.79 Å². The van der Waals surface area contributed by atoms with Crippen LogP contribution in [0.5, 0.6) is 0 Å². The van der Waals surface area contributed by atoms with Gasteiger partial charge in [0, 0.05) is 23.1 Å². The molecule has 3 rings (SSSR count). The SMILES string of the molecule is Cc1cc(Cc2nc(C(=O)c3ccccc3)cs2)c(C)cc1N. The second-order valence-electron chi connectivity index (χ2n) is 5.63. The Balaban J connectivity index is 1.83. The number of benzene rings is 2. The normalized spacial score (nSPS) is 10.7. The predicted molar refractivity (Wildman–Crippen MR) is 95.1 cm³/mol. The number of hydrogen-bond acceptors (Lipinski definition) is 4. The second kappa shape index (κ2) is 6.34. The number of nitrogens with zero attached hydrogens (tertiary/aromatic N) is 1. The van der Waals surface area contributed by atoms with Gasteiger partial charge in [-0.2, -0.15) is 0 Å². The van der Waals surface area contributed by atoms with Gasteiger partial charge < -0.3 is 5.73 Å². The number of nitrogen functional groups attached to an aromatic ring is 1. The van der Waals surface area contributed by atoms with Gasteiger partial charge >= 0.3 is 0 Å².